The molecule has 182 valence electrons. The Kier molecular flexibility index (Phi) is 11.0. The lowest BCUT2D eigenvalue weighted by atomic mass is 9.96. The van der Waals surface area contributed by atoms with Crippen LogP contribution in [0.2, 0.25) is 0 Å². The quantitative estimate of drug-likeness (QED) is 0.217. The van der Waals surface area contributed by atoms with Gasteiger partial charge in [-0.3, -0.25) is 19.2 Å². The highest BCUT2D eigenvalue weighted by Gasteiger charge is 2.32. The van der Waals surface area contributed by atoms with E-state index >= 15 is 0 Å². The fourth-order valence-corrected chi connectivity index (χ4v) is 2.98. The molecule has 0 aliphatic carbocycles. The molecular formula is C22H33N5O6. The molecule has 11 heteroatoms. The van der Waals surface area contributed by atoms with Gasteiger partial charge in [0.25, 0.3) is 0 Å². The smallest absolute Gasteiger partial charge is 0.326 e. The van der Waals surface area contributed by atoms with Crippen molar-refractivity contribution in [3.8, 4) is 0 Å². The first-order valence-corrected chi connectivity index (χ1v) is 10.7. The lowest BCUT2D eigenvalue weighted by molar-refractivity contribution is -0.143. The summed E-state index contributed by atoms with van der Waals surface area (Å²) in [5.41, 5.74) is 11.4. The van der Waals surface area contributed by atoms with E-state index in [1.165, 1.54) is 6.92 Å². The normalized spacial score (nSPS) is 15.3. The third-order valence-corrected chi connectivity index (χ3v) is 5.14. The number of rotatable bonds is 13. The van der Waals surface area contributed by atoms with Crippen LogP contribution in [0, 0.1) is 5.92 Å². The summed E-state index contributed by atoms with van der Waals surface area (Å²) >= 11 is 0. The highest BCUT2D eigenvalue weighted by Crippen LogP contribution is 2.10. The lowest BCUT2D eigenvalue weighted by Gasteiger charge is -2.27. The van der Waals surface area contributed by atoms with Gasteiger partial charge in [0.2, 0.25) is 23.6 Å². The van der Waals surface area contributed by atoms with Crippen molar-refractivity contribution in [2.24, 2.45) is 17.4 Å². The highest BCUT2D eigenvalue weighted by molar-refractivity contribution is 5.95. The number of carbonyl (C=O) groups is 5. The minimum Gasteiger partial charge on any atom is -0.480 e. The van der Waals surface area contributed by atoms with Crippen molar-refractivity contribution in [2.45, 2.75) is 64.2 Å². The van der Waals surface area contributed by atoms with Gasteiger partial charge in [0.05, 0.1) is 12.5 Å². The maximum atomic E-state index is 13.1. The van der Waals surface area contributed by atoms with Crippen molar-refractivity contribution in [3.05, 3.63) is 35.9 Å². The minimum atomic E-state index is -1.55. The summed E-state index contributed by atoms with van der Waals surface area (Å²) in [5.74, 6) is -4.55. The Labute approximate surface area is 192 Å². The van der Waals surface area contributed by atoms with E-state index in [1.54, 1.807) is 37.3 Å². The Morgan fingerprint density at radius 1 is 0.909 bits per heavy atom. The largest absolute Gasteiger partial charge is 0.480 e. The van der Waals surface area contributed by atoms with Crippen LogP contribution in [0.1, 0.15) is 39.2 Å². The predicted octanol–water partition coefficient (Wildman–Crippen LogP) is -0.963. The highest BCUT2D eigenvalue weighted by atomic mass is 16.4. The number of primary amides is 1. The molecule has 5 atom stereocenters. The van der Waals surface area contributed by atoms with Crippen LogP contribution < -0.4 is 27.4 Å². The fraction of sp³-hybridized carbons (Fsp3) is 0.500. The summed E-state index contributed by atoms with van der Waals surface area (Å²) in [6.45, 7) is 5.10. The zero-order valence-corrected chi connectivity index (χ0v) is 19.0. The fourth-order valence-electron chi connectivity index (χ4n) is 2.98. The molecule has 0 radical (unpaired) electrons. The minimum absolute atomic E-state index is 0.0514. The van der Waals surface area contributed by atoms with E-state index in [9.17, 15) is 29.1 Å². The monoisotopic (exact) mass is 463 g/mol. The van der Waals surface area contributed by atoms with E-state index in [2.05, 4.69) is 16.0 Å². The zero-order valence-electron chi connectivity index (χ0n) is 19.0. The van der Waals surface area contributed by atoms with Crippen molar-refractivity contribution in [1.29, 1.82) is 0 Å². The van der Waals surface area contributed by atoms with Crippen molar-refractivity contribution >= 4 is 29.6 Å². The third kappa shape index (κ3) is 9.27. The molecule has 33 heavy (non-hydrogen) atoms. The number of carbonyl (C=O) groups excluding carboxylic acids is 4. The van der Waals surface area contributed by atoms with Gasteiger partial charge >= 0.3 is 5.97 Å². The number of nitrogens with two attached hydrogens (primary N) is 2. The van der Waals surface area contributed by atoms with E-state index in [-0.39, 0.29) is 12.3 Å². The lowest BCUT2D eigenvalue weighted by Crippen LogP contribution is -2.59. The molecule has 4 amide bonds. The van der Waals surface area contributed by atoms with Gasteiger partial charge in [-0.2, -0.15) is 0 Å². The Bertz CT molecular complexity index is 845. The van der Waals surface area contributed by atoms with Gasteiger partial charge in [-0.05, 0) is 18.4 Å². The zero-order chi connectivity index (χ0) is 25.1. The Hall–Kier alpha value is -3.47. The van der Waals surface area contributed by atoms with Gasteiger partial charge in [0.15, 0.2) is 0 Å². The molecule has 0 aliphatic rings. The van der Waals surface area contributed by atoms with Crippen LogP contribution in [0.15, 0.2) is 30.3 Å². The first-order valence-electron chi connectivity index (χ1n) is 10.7. The third-order valence-electron chi connectivity index (χ3n) is 5.14. The summed E-state index contributed by atoms with van der Waals surface area (Å²) in [6.07, 6.45) is 0.00930. The van der Waals surface area contributed by atoms with Crippen LogP contribution in [-0.2, 0) is 30.4 Å². The van der Waals surface area contributed by atoms with Gasteiger partial charge in [-0.15, -0.1) is 0 Å². The summed E-state index contributed by atoms with van der Waals surface area (Å²) in [4.78, 5) is 60.7. The maximum Gasteiger partial charge on any atom is 0.326 e. The summed E-state index contributed by atoms with van der Waals surface area (Å²) in [6, 6.07) is 4.27. The molecule has 0 spiro atoms. The van der Waals surface area contributed by atoms with Crippen LogP contribution in [0.25, 0.3) is 0 Å². The second-order valence-electron chi connectivity index (χ2n) is 7.98. The van der Waals surface area contributed by atoms with Crippen LogP contribution in [0.5, 0.6) is 0 Å². The summed E-state index contributed by atoms with van der Waals surface area (Å²) in [5, 5.41) is 16.8. The van der Waals surface area contributed by atoms with Crippen LogP contribution >= 0.6 is 0 Å². The van der Waals surface area contributed by atoms with Crippen LogP contribution in [0.4, 0.5) is 0 Å². The number of amides is 4. The number of hydrogen-bond acceptors (Lipinski definition) is 6. The standard InChI is InChI=1S/C22H33N5O6/c1-4-12(2)18(27-19(29)13(3)23)21(31)25-15(10-14-8-6-5-7-9-14)20(30)26-16(22(32)33)11-17(24)28/h5-9,12-13,15-16,18H,4,10-11,23H2,1-3H3,(H2,24,28)(H,25,31)(H,26,30)(H,27,29)(H,32,33)/t12-,13-,15-,16-,18-/m0/s1. The summed E-state index contributed by atoms with van der Waals surface area (Å²) < 4.78 is 0. The number of carboxylic acid groups (broad SMARTS) is 1. The molecule has 0 bridgehead atoms. The molecular weight excluding hydrogens is 430 g/mol. The molecule has 1 aromatic carbocycles. The van der Waals surface area contributed by atoms with Crippen molar-refractivity contribution in [2.75, 3.05) is 0 Å². The van der Waals surface area contributed by atoms with E-state index in [0.29, 0.717) is 12.0 Å². The van der Waals surface area contributed by atoms with Gasteiger partial charge in [-0.1, -0.05) is 50.6 Å². The number of carboxylic acids is 1. The van der Waals surface area contributed by atoms with Gasteiger partial charge in [0, 0.05) is 6.42 Å². The number of nitrogens with one attached hydrogen (secondary N) is 3. The second kappa shape index (κ2) is 13.2. The van der Waals surface area contributed by atoms with Crippen LogP contribution in [0.3, 0.4) is 0 Å². The van der Waals surface area contributed by atoms with Gasteiger partial charge < -0.3 is 32.5 Å². The van der Waals surface area contributed by atoms with E-state index < -0.39 is 60.2 Å². The second-order valence-corrected chi connectivity index (χ2v) is 7.98. The molecule has 11 nitrogen and oxygen atoms in total. The van der Waals surface area contributed by atoms with Crippen molar-refractivity contribution < 1.29 is 29.1 Å². The van der Waals surface area contributed by atoms with Crippen molar-refractivity contribution in [3.63, 3.8) is 0 Å². The number of benzene rings is 1. The molecule has 0 unspecified atom stereocenters. The topological polar surface area (TPSA) is 194 Å². The van der Waals surface area contributed by atoms with E-state index in [1.807, 2.05) is 6.92 Å². The average Bonchev–Trinajstić information content (AvgIpc) is 2.75. The molecule has 8 N–H and O–H groups in total. The molecule has 0 saturated heterocycles. The first kappa shape index (κ1) is 27.6. The molecule has 0 saturated carbocycles. The van der Waals surface area contributed by atoms with Crippen molar-refractivity contribution in [1.82, 2.24) is 16.0 Å². The SMILES string of the molecule is CC[C@H](C)[C@H](NC(=O)[C@H](C)N)C(=O)N[C@@H](Cc1ccccc1)C(=O)N[C@@H](CC(N)=O)C(=O)O. The average molecular weight is 464 g/mol. The number of hydrogen-bond donors (Lipinski definition) is 6. The molecule has 0 fully saturated rings. The van der Waals surface area contributed by atoms with Gasteiger partial charge in [0.1, 0.15) is 18.1 Å². The molecule has 0 heterocycles. The Morgan fingerprint density at radius 2 is 1.48 bits per heavy atom. The first-order chi connectivity index (χ1) is 15.5. The summed E-state index contributed by atoms with van der Waals surface area (Å²) in [7, 11) is 0. The van der Waals surface area contributed by atoms with E-state index in [4.69, 9.17) is 11.5 Å². The molecule has 1 rings (SSSR count). The molecule has 0 aromatic heterocycles. The maximum absolute atomic E-state index is 13.1. The predicted molar refractivity (Wildman–Crippen MR) is 120 cm³/mol. The van der Waals surface area contributed by atoms with Crippen LogP contribution in [-0.4, -0.2) is 58.9 Å². The number of aliphatic carboxylic acids is 1. The molecule has 0 aliphatic heterocycles. The Balaban J connectivity index is 3.14. The Morgan fingerprint density at radius 3 is 1.97 bits per heavy atom. The van der Waals surface area contributed by atoms with Gasteiger partial charge in [-0.25, -0.2) is 4.79 Å². The molecule has 1 aromatic rings. The van der Waals surface area contributed by atoms with E-state index in [0.717, 1.165) is 0 Å².